The summed E-state index contributed by atoms with van der Waals surface area (Å²) in [6, 6.07) is 9.39. The van der Waals surface area contributed by atoms with Gasteiger partial charge in [-0.25, -0.2) is 0 Å². The number of fused-ring (bicyclic) bond motifs is 2. The molecule has 1 aromatic carbocycles. The number of hydrogen-bond acceptors (Lipinski definition) is 8. The first kappa shape index (κ1) is 26.6. The summed E-state index contributed by atoms with van der Waals surface area (Å²) in [7, 11) is 2.19. The average molecular weight is 550 g/mol. The molecule has 1 aromatic heterocycles. The molecule has 7 rings (SSSR count). The van der Waals surface area contributed by atoms with E-state index in [0.717, 1.165) is 36.7 Å². The average Bonchev–Trinajstić information content (AvgIpc) is 3.58. The highest BCUT2D eigenvalue weighted by Crippen LogP contribution is 2.46. The number of hydrogen-bond donors (Lipinski definition) is 7. The Balaban J connectivity index is 0.874. The second-order valence-corrected chi connectivity index (χ2v) is 13.6. The number of anilines is 3. The largest absolute Gasteiger partial charge is 0.390 e. The molecule has 5 aliphatic rings. The monoisotopic (exact) mass is 549 g/mol. The van der Waals surface area contributed by atoms with Gasteiger partial charge in [-0.1, -0.05) is 19.4 Å². The van der Waals surface area contributed by atoms with Crippen molar-refractivity contribution in [1.82, 2.24) is 14.8 Å². The highest BCUT2D eigenvalue weighted by Gasteiger charge is 2.45. The van der Waals surface area contributed by atoms with Crippen LogP contribution in [0.25, 0.3) is 0 Å². The van der Waals surface area contributed by atoms with Gasteiger partial charge in [0.05, 0.1) is 42.5 Å². The number of nitrogens with two attached hydrogens (primary N) is 1. The number of benzene rings is 1. The zero-order valence-corrected chi connectivity index (χ0v) is 23.9. The number of nitrogens with zero attached hydrogens (tertiary/aromatic N) is 2. The molecule has 0 bridgehead atoms. The third-order valence-electron chi connectivity index (χ3n) is 11.0. The van der Waals surface area contributed by atoms with E-state index in [2.05, 4.69) is 62.9 Å². The quantitative estimate of drug-likeness (QED) is 0.267. The van der Waals surface area contributed by atoms with Crippen LogP contribution in [0.5, 0.6) is 0 Å². The Morgan fingerprint density at radius 2 is 1.85 bits per heavy atom. The minimum absolute atomic E-state index is 0.0509. The number of aliphatic hydroxyl groups excluding tert-OH is 2. The number of aromatic nitrogens is 1. The predicted octanol–water partition coefficient (Wildman–Crippen LogP) is 3.50. The van der Waals surface area contributed by atoms with Crippen LogP contribution in [-0.2, 0) is 5.41 Å². The first-order chi connectivity index (χ1) is 19.3. The summed E-state index contributed by atoms with van der Waals surface area (Å²) in [4.78, 5) is 2.42. The van der Waals surface area contributed by atoms with Gasteiger partial charge in [-0.2, -0.15) is 0 Å². The maximum Gasteiger partial charge on any atom is 0.113 e. The summed E-state index contributed by atoms with van der Waals surface area (Å²) in [5, 5.41) is 35.9. The van der Waals surface area contributed by atoms with Gasteiger partial charge in [0.1, 0.15) is 11.9 Å². The Kier molecular flexibility index (Phi) is 6.78. The molecule has 40 heavy (non-hydrogen) atoms. The molecule has 3 aliphatic carbocycles. The molecule has 2 aliphatic heterocycles. The van der Waals surface area contributed by atoms with E-state index >= 15 is 0 Å². The van der Waals surface area contributed by atoms with Crippen molar-refractivity contribution < 1.29 is 10.2 Å². The molecule has 0 radical (unpaired) electrons. The molecule has 2 aromatic rings. The fourth-order valence-corrected chi connectivity index (χ4v) is 8.03. The van der Waals surface area contributed by atoms with Crippen molar-refractivity contribution in [3.8, 4) is 0 Å². The molecule has 2 unspecified atom stereocenters. The molecule has 6 atom stereocenters. The fraction of sp³-hybridized carbons (Fsp3) is 0.677. The number of nitrogens with one attached hydrogen (secondary N) is 4. The van der Waals surface area contributed by atoms with Gasteiger partial charge in [0.25, 0.3) is 0 Å². The van der Waals surface area contributed by atoms with Gasteiger partial charge >= 0.3 is 0 Å². The van der Waals surface area contributed by atoms with Crippen molar-refractivity contribution in [2.24, 2.45) is 17.6 Å². The minimum Gasteiger partial charge on any atom is -0.390 e. The van der Waals surface area contributed by atoms with Crippen molar-refractivity contribution in [2.75, 3.05) is 36.2 Å². The Morgan fingerprint density at radius 3 is 2.62 bits per heavy atom. The molecule has 3 fully saturated rings. The van der Waals surface area contributed by atoms with Gasteiger partial charge in [-0.3, -0.25) is 5.32 Å². The molecule has 9 nitrogen and oxygen atoms in total. The highest BCUT2D eigenvalue weighted by molar-refractivity contribution is 5.75. The van der Waals surface area contributed by atoms with Crippen molar-refractivity contribution in [3.63, 3.8) is 0 Å². The van der Waals surface area contributed by atoms with Crippen LogP contribution in [0.15, 0.2) is 30.5 Å². The maximum absolute atomic E-state index is 11.0. The second kappa shape index (κ2) is 10.2. The van der Waals surface area contributed by atoms with Crippen molar-refractivity contribution in [1.29, 1.82) is 0 Å². The van der Waals surface area contributed by atoms with Gasteiger partial charge in [-0.05, 0) is 87.1 Å². The van der Waals surface area contributed by atoms with E-state index in [1.54, 1.807) is 0 Å². The van der Waals surface area contributed by atoms with E-state index in [-0.39, 0.29) is 18.1 Å². The van der Waals surface area contributed by atoms with Crippen LogP contribution in [0.1, 0.15) is 81.6 Å². The standard InChI is InChI=1S/C31H47N7O2/c1-31(9-3-10-31)20-5-6-23-24(15-20)36-26(35-23)7-4-18-12-21(13-18)37(2)16-19-14-25(28(40)27(19)39)38-11-8-22-29(32)33-17-34-30(22)38/h5-6,8,11,15,18-19,21,25-29,33-36,39-40H,3-4,7,9-10,12-14,16-17,32H2,1-2H3/t18?,19-,21?,25+,26?,27+,28-,29?/m1/s1. The molecule has 218 valence electrons. The van der Waals surface area contributed by atoms with Crippen LogP contribution in [0, 0.1) is 11.8 Å². The van der Waals surface area contributed by atoms with E-state index in [0.29, 0.717) is 24.3 Å². The van der Waals surface area contributed by atoms with E-state index < -0.39 is 12.2 Å². The lowest BCUT2D eigenvalue weighted by molar-refractivity contribution is -0.00683. The van der Waals surface area contributed by atoms with Gasteiger partial charge in [0, 0.05) is 30.3 Å². The van der Waals surface area contributed by atoms with Crippen LogP contribution in [0.3, 0.4) is 0 Å². The van der Waals surface area contributed by atoms with Gasteiger partial charge < -0.3 is 41.4 Å². The SMILES string of the molecule is CN(C[C@H]1C[C@H](n2ccc3c2NCNC3N)[C@@H](O)[C@H]1O)C1CC(CCC2Nc3ccc(C4(C)CCC4)cc3N2)C1. The highest BCUT2D eigenvalue weighted by atomic mass is 16.3. The van der Waals surface area contributed by atoms with Crippen molar-refractivity contribution in [2.45, 2.75) is 100 Å². The van der Waals surface area contributed by atoms with Crippen LogP contribution >= 0.6 is 0 Å². The zero-order valence-electron chi connectivity index (χ0n) is 23.9. The summed E-state index contributed by atoms with van der Waals surface area (Å²) in [6.45, 7) is 3.81. The fourth-order valence-electron chi connectivity index (χ4n) is 8.03. The summed E-state index contributed by atoms with van der Waals surface area (Å²) < 4.78 is 2.08. The topological polar surface area (TPSA) is 123 Å². The molecule has 8 N–H and O–H groups in total. The molecule has 0 amide bonds. The summed E-state index contributed by atoms with van der Waals surface area (Å²) >= 11 is 0. The Labute approximate surface area is 237 Å². The van der Waals surface area contributed by atoms with Gasteiger partial charge in [0.2, 0.25) is 0 Å². The molecule has 3 heterocycles. The van der Waals surface area contributed by atoms with Crippen LogP contribution in [0.4, 0.5) is 17.2 Å². The molecule has 3 saturated carbocycles. The number of aliphatic hydroxyl groups is 2. The third kappa shape index (κ3) is 4.60. The van der Waals surface area contributed by atoms with E-state index in [1.165, 1.54) is 55.5 Å². The lowest BCUT2D eigenvalue weighted by Crippen LogP contribution is -2.46. The zero-order chi connectivity index (χ0) is 27.6. The predicted molar refractivity (Wildman–Crippen MR) is 159 cm³/mol. The van der Waals surface area contributed by atoms with Gasteiger partial charge in [0.15, 0.2) is 0 Å². The molecule has 0 spiro atoms. The molecule has 9 heteroatoms. The van der Waals surface area contributed by atoms with Crippen LogP contribution in [0.2, 0.25) is 0 Å². The van der Waals surface area contributed by atoms with E-state index in [1.807, 2.05) is 12.3 Å². The normalized spacial score (nSPS) is 35.6. The van der Waals surface area contributed by atoms with E-state index in [4.69, 9.17) is 5.73 Å². The maximum atomic E-state index is 11.0. The number of rotatable bonds is 8. The minimum atomic E-state index is -0.778. The Morgan fingerprint density at radius 1 is 1.05 bits per heavy atom. The first-order valence-corrected chi connectivity index (χ1v) is 15.5. The van der Waals surface area contributed by atoms with Gasteiger partial charge in [-0.15, -0.1) is 0 Å². The van der Waals surface area contributed by atoms with Crippen molar-refractivity contribution in [3.05, 3.63) is 41.6 Å². The second-order valence-electron chi connectivity index (χ2n) is 13.6. The lowest BCUT2D eigenvalue weighted by Gasteiger charge is -2.43. The summed E-state index contributed by atoms with van der Waals surface area (Å²) in [5.41, 5.74) is 11.6. The molecular formula is C31H47N7O2. The Hall–Kier alpha value is -2.30. The molecule has 0 saturated heterocycles. The van der Waals surface area contributed by atoms with Crippen molar-refractivity contribution >= 4 is 17.2 Å². The third-order valence-corrected chi connectivity index (χ3v) is 11.0. The summed E-state index contributed by atoms with van der Waals surface area (Å²) in [6.07, 6.45) is 10.1. The smallest absolute Gasteiger partial charge is 0.113 e. The van der Waals surface area contributed by atoms with Crippen LogP contribution in [-0.4, -0.2) is 64.4 Å². The first-order valence-electron chi connectivity index (χ1n) is 15.5. The van der Waals surface area contributed by atoms with E-state index in [9.17, 15) is 10.2 Å². The summed E-state index contributed by atoms with van der Waals surface area (Å²) in [5.74, 6) is 1.77. The van der Waals surface area contributed by atoms with Crippen LogP contribution < -0.4 is 27.0 Å². The Bertz CT molecular complexity index is 1220. The molecular weight excluding hydrogens is 502 g/mol. The lowest BCUT2D eigenvalue weighted by atomic mass is 9.66.